The fourth-order valence-corrected chi connectivity index (χ4v) is 2.45. The first-order valence-corrected chi connectivity index (χ1v) is 7.28. The van der Waals surface area contributed by atoms with Gasteiger partial charge in [-0.2, -0.15) is 10.4 Å². The number of nitrogens with zero attached hydrogens (tertiary/aromatic N) is 3. The van der Waals surface area contributed by atoms with Crippen molar-refractivity contribution in [3.63, 3.8) is 0 Å². The number of anilines is 2. The van der Waals surface area contributed by atoms with Gasteiger partial charge in [0.15, 0.2) is 5.82 Å². The monoisotopic (exact) mass is 306 g/mol. The van der Waals surface area contributed by atoms with E-state index < -0.39 is 11.7 Å². The third-order valence-corrected chi connectivity index (χ3v) is 3.33. The molecule has 22 heavy (non-hydrogen) atoms. The van der Waals surface area contributed by atoms with E-state index >= 15 is 0 Å². The van der Waals surface area contributed by atoms with Crippen LogP contribution in [0.25, 0.3) is 0 Å². The van der Waals surface area contributed by atoms with Crippen molar-refractivity contribution in [3.8, 4) is 6.07 Å². The van der Waals surface area contributed by atoms with Crippen molar-refractivity contribution in [2.45, 2.75) is 45.3 Å². The number of piperidine rings is 1. The highest BCUT2D eigenvalue weighted by Crippen LogP contribution is 2.24. The molecule has 2 rings (SSSR count). The summed E-state index contributed by atoms with van der Waals surface area (Å²) in [5.74, 6) is 0.801. The van der Waals surface area contributed by atoms with Crippen molar-refractivity contribution in [3.05, 3.63) is 5.56 Å². The number of ether oxygens (including phenoxy) is 1. The Kier molecular flexibility index (Phi) is 4.45. The molecule has 0 saturated carbocycles. The van der Waals surface area contributed by atoms with Crippen LogP contribution in [-0.4, -0.2) is 41.0 Å². The number of nitriles is 1. The van der Waals surface area contributed by atoms with Gasteiger partial charge in [-0.05, 0) is 33.6 Å². The molecule has 1 fully saturated rings. The molecule has 0 bridgehead atoms. The van der Waals surface area contributed by atoms with Crippen LogP contribution in [-0.2, 0) is 4.74 Å². The molecule has 0 aliphatic carbocycles. The number of nitrogens with one attached hydrogen (secondary N) is 2. The third-order valence-electron chi connectivity index (χ3n) is 3.33. The Hall–Kier alpha value is -2.43. The van der Waals surface area contributed by atoms with Crippen LogP contribution in [0.2, 0.25) is 0 Å². The fourth-order valence-electron chi connectivity index (χ4n) is 2.45. The van der Waals surface area contributed by atoms with Gasteiger partial charge in [0, 0.05) is 19.1 Å². The number of H-pyrrole nitrogens is 1. The van der Waals surface area contributed by atoms with E-state index in [2.05, 4.69) is 21.6 Å². The molecule has 0 radical (unpaired) electrons. The summed E-state index contributed by atoms with van der Waals surface area (Å²) in [6.07, 6.45) is 1.32. The van der Waals surface area contributed by atoms with Crippen LogP contribution in [0.1, 0.15) is 39.2 Å². The van der Waals surface area contributed by atoms with E-state index in [1.54, 1.807) is 0 Å². The molecular weight excluding hydrogens is 284 g/mol. The van der Waals surface area contributed by atoms with Gasteiger partial charge < -0.3 is 20.7 Å². The number of hydrogen-bond donors (Lipinski definition) is 3. The average Bonchev–Trinajstić information content (AvgIpc) is 2.77. The Morgan fingerprint density at radius 1 is 1.59 bits per heavy atom. The second kappa shape index (κ2) is 6.13. The average molecular weight is 306 g/mol. The smallest absolute Gasteiger partial charge is 0.407 e. The van der Waals surface area contributed by atoms with Gasteiger partial charge in [0.25, 0.3) is 0 Å². The van der Waals surface area contributed by atoms with Gasteiger partial charge in [0.05, 0.1) is 0 Å². The number of carbonyl (C=O) groups excluding carboxylic acids is 1. The van der Waals surface area contributed by atoms with E-state index in [0.29, 0.717) is 17.9 Å². The predicted molar refractivity (Wildman–Crippen MR) is 82.3 cm³/mol. The fraction of sp³-hybridized carbons (Fsp3) is 0.643. The zero-order valence-corrected chi connectivity index (χ0v) is 13.1. The number of nitrogens with two attached hydrogens (primary N) is 1. The summed E-state index contributed by atoms with van der Waals surface area (Å²) in [4.78, 5) is 13.8. The molecule has 8 heteroatoms. The first-order valence-electron chi connectivity index (χ1n) is 7.28. The van der Waals surface area contributed by atoms with E-state index in [4.69, 9.17) is 15.7 Å². The number of aromatic amines is 1. The molecule has 1 saturated heterocycles. The van der Waals surface area contributed by atoms with E-state index in [0.717, 1.165) is 19.4 Å². The minimum atomic E-state index is -0.525. The molecule has 1 amide bonds. The summed E-state index contributed by atoms with van der Waals surface area (Å²) in [6, 6.07) is 2.01. The van der Waals surface area contributed by atoms with Crippen LogP contribution >= 0.6 is 0 Å². The van der Waals surface area contributed by atoms with Crippen LogP contribution in [0.15, 0.2) is 0 Å². The maximum atomic E-state index is 11.9. The van der Waals surface area contributed by atoms with Crippen molar-refractivity contribution in [2.75, 3.05) is 23.7 Å². The number of nitrogen functional groups attached to an aromatic ring is 1. The van der Waals surface area contributed by atoms with Gasteiger partial charge in [0.2, 0.25) is 0 Å². The second-order valence-corrected chi connectivity index (χ2v) is 6.38. The standard InChI is InChI=1S/C14H22N6O2/c1-14(2,3)22-13(21)17-9-5-4-6-20(8-9)12-10(7-15)11(16)18-19-12/h9H,4-6,8H2,1-3H3,(H,17,21)(H3,16,18,19)/t9-/m1/s1. The van der Waals surface area contributed by atoms with E-state index in [-0.39, 0.29) is 11.9 Å². The molecule has 1 aromatic rings. The molecule has 4 N–H and O–H groups in total. The molecule has 0 aromatic carbocycles. The summed E-state index contributed by atoms with van der Waals surface area (Å²) < 4.78 is 5.27. The highest BCUT2D eigenvalue weighted by atomic mass is 16.6. The molecule has 120 valence electrons. The molecule has 8 nitrogen and oxygen atoms in total. The molecule has 0 unspecified atom stereocenters. The SMILES string of the molecule is CC(C)(C)OC(=O)N[C@@H]1CCCN(c2n[nH]c(N)c2C#N)C1. The van der Waals surface area contributed by atoms with Gasteiger partial charge in [-0.25, -0.2) is 4.79 Å². The van der Waals surface area contributed by atoms with Crippen LogP contribution in [0.3, 0.4) is 0 Å². The molecule has 2 heterocycles. The Morgan fingerprint density at radius 2 is 2.32 bits per heavy atom. The third kappa shape index (κ3) is 3.81. The summed E-state index contributed by atoms with van der Waals surface area (Å²) in [5.41, 5.74) is 5.51. The Bertz CT molecular complexity index is 583. The number of carbonyl (C=O) groups is 1. The number of amides is 1. The number of alkyl carbamates (subject to hydrolysis) is 1. The summed E-state index contributed by atoms with van der Waals surface area (Å²) in [7, 11) is 0. The number of rotatable bonds is 2. The van der Waals surface area contributed by atoms with E-state index in [1.807, 2.05) is 25.7 Å². The highest BCUT2D eigenvalue weighted by Gasteiger charge is 2.27. The lowest BCUT2D eigenvalue weighted by atomic mass is 10.1. The minimum Gasteiger partial charge on any atom is -0.444 e. The molecule has 1 atom stereocenters. The Balaban J connectivity index is 2.00. The summed E-state index contributed by atoms with van der Waals surface area (Å²) >= 11 is 0. The van der Waals surface area contributed by atoms with Crippen LogP contribution in [0, 0.1) is 11.3 Å². The van der Waals surface area contributed by atoms with Crippen molar-refractivity contribution in [1.82, 2.24) is 15.5 Å². The molecule has 1 aliphatic rings. The maximum Gasteiger partial charge on any atom is 0.407 e. The topological polar surface area (TPSA) is 120 Å². The molecule has 1 aromatic heterocycles. The lowest BCUT2D eigenvalue weighted by Gasteiger charge is -2.33. The minimum absolute atomic E-state index is 0.0481. The summed E-state index contributed by atoms with van der Waals surface area (Å²) in [6.45, 7) is 6.81. The van der Waals surface area contributed by atoms with Crippen LogP contribution in [0.5, 0.6) is 0 Å². The van der Waals surface area contributed by atoms with Gasteiger partial charge in [-0.3, -0.25) is 5.10 Å². The molecular formula is C14H22N6O2. The van der Waals surface area contributed by atoms with E-state index in [1.165, 1.54) is 0 Å². The van der Waals surface area contributed by atoms with Gasteiger partial charge in [0.1, 0.15) is 23.1 Å². The normalized spacial score (nSPS) is 18.6. The van der Waals surface area contributed by atoms with Crippen molar-refractivity contribution in [2.24, 2.45) is 0 Å². The van der Waals surface area contributed by atoms with Crippen molar-refractivity contribution >= 4 is 17.7 Å². The quantitative estimate of drug-likeness (QED) is 0.758. The lowest BCUT2D eigenvalue weighted by molar-refractivity contribution is 0.0500. The number of hydrogen-bond acceptors (Lipinski definition) is 6. The van der Waals surface area contributed by atoms with Gasteiger partial charge >= 0.3 is 6.09 Å². The van der Waals surface area contributed by atoms with Crippen molar-refractivity contribution in [1.29, 1.82) is 5.26 Å². The Morgan fingerprint density at radius 3 is 2.95 bits per heavy atom. The zero-order chi connectivity index (χ0) is 16.3. The first-order chi connectivity index (χ1) is 10.3. The number of aromatic nitrogens is 2. The highest BCUT2D eigenvalue weighted by molar-refractivity contribution is 5.68. The second-order valence-electron chi connectivity index (χ2n) is 6.38. The van der Waals surface area contributed by atoms with Gasteiger partial charge in [-0.15, -0.1) is 0 Å². The largest absolute Gasteiger partial charge is 0.444 e. The Labute approximate surface area is 129 Å². The molecule has 1 aliphatic heterocycles. The van der Waals surface area contributed by atoms with Gasteiger partial charge in [-0.1, -0.05) is 0 Å². The van der Waals surface area contributed by atoms with Crippen LogP contribution < -0.4 is 16.0 Å². The van der Waals surface area contributed by atoms with E-state index in [9.17, 15) is 4.79 Å². The molecule has 0 spiro atoms. The summed E-state index contributed by atoms with van der Waals surface area (Å²) in [5, 5.41) is 18.7. The predicted octanol–water partition coefficient (Wildman–Crippen LogP) is 1.36. The zero-order valence-electron chi connectivity index (χ0n) is 13.1. The first kappa shape index (κ1) is 15.9. The maximum absolute atomic E-state index is 11.9. The van der Waals surface area contributed by atoms with Crippen LogP contribution in [0.4, 0.5) is 16.4 Å². The lowest BCUT2D eigenvalue weighted by Crippen LogP contribution is -2.49. The van der Waals surface area contributed by atoms with Crippen molar-refractivity contribution < 1.29 is 9.53 Å².